The van der Waals surface area contributed by atoms with E-state index >= 15 is 0 Å². The molecule has 0 aliphatic rings. The topological polar surface area (TPSA) is 20.9 Å². The number of halogens is 3. The third-order valence-electron chi connectivity index (χ3n) is 2.33. The lowest BCUT2D eigenvalue weighted by molar-refractivity contribution is -0.683. The van der Waals surface area contributed by atoms with Crippen LogP contribution in [-0.4, -0.2) is 5.78 Å². The smallest absolute Gasteiger partial charge is 0.229 e. The number of carbonyl (C=O) groups is 1. The Morgan fingerprint density at radius 1 is 1.22 bits per heavy atom. The Morgan fingerprint density at radius 3 is 2.56 bits per heavy atom. The fourth-order valence-corrected chi connectivity index (χ4v) is 2.09. The lowest BCUT2D eigenvalue weighted by Crippen LogP contribution is -3.00. The first-order valence-corrected chi connectivity index (χ1v) is 6.26. The van der Waals surface area contributed by atoms with Gasteiger partial charge >= 0.3 is 0 Å². The van der Waals surface area contributed by atoms with Crippen LogP contribution in [0.3, 0.4) is 0 Å². The second-order valence-electron chi connectivity index (χ2n) is 3.60. The van der Waals surface area contributed by atoms with Crippen LogP contribution in [0.5, 0.6) is 0 Å². The molecule has 2 aromatic rings. The maximum atomic E-state index is 12.1. The lowest BCUT2D eigenvalue weighted by Gasteiger charge is -2.01. The van der Waals surface area contributed by atoms with E-state index in [1.165, 1.54) is 0 Å². The molecule has 0 radical (unpaired) electrons. The molecule has 0 aliphatic carbocycles. The van der Waals surface area contributed by atoms with E-state index in [1.807, 2.05) is 41.2 Å². The van der Waals surface area contributed by atoms with Gasteiger partial charge in [-0.25, -0.2) is 0 Å². The largest absolute Gasteiger partial charge is 1.00 e. The maximum Gasteiger partial charge on any atom is 0.229 e. The number of hydrogen-bond acceptors (Lipinski definition) is 1. The molecule has 0 saturated heterocycles. The number of benzene rings is 1. The molecule has 0 saturated carbocycles. The summed E-state index contributed by atoms with van der Waals surface area (Å²) >= 11 is 9.34. The van der Waals surface area contributed by atoms with Crippen molar-refractivity contribution in [2.75, 3.05) is 0 Å². The Kier molecular flexibility index (Phi) is 5.99. The average Bonchev–Trinajstić information content (AvgIpc) is 2.33. The van der Waals surface area contributed by atoms with Gasteiger partial charge in [0.2, 0.25) is 12.3 Å². The number of carbonyl (C=O) groups excluding carboxylic acids is 1. The fourth-order valence-electron chi connectivity index (χ4n) is 1.50. The molecular formula is C13H10Br2ClNO. The normalized spacial score (nSPS) is 9.67. The van der Waals surface area contributed by atoms with Crippen molar-refractivity contribution in [1.82, 2.24) is 0 Å². The van der Waals surface area contributed by atoms with Crippen molar-refractivity contribution in [3.63, 3.8) is 0 Å². The molecule has 0 amide bonds. The predicted molar refractivity (Wildman–Crippen MR) is 70.1 cm³/mol. The third kappa shape index (κ3) is 3.90. The van der Waals surface area contributed by atoms with E-state index in [0.29, 0.717) is 10.6 Å². The number of rotatable bonds is 3. The van der Waals surface area contributed by atoms with Gasteiger partial charge in [-0.15, -0.1) is 0 Å². The standard InChI is InChI=1S/C13H10BrClNO.BrH/c14-10-4-5-12(15)11(8-10)13(17)9-16-6-2-1-3-7-16;/h1-8H,9H2;1H/q+1;/p-1. The van der Waals surface area contributed by atoms with Crippen LogP contribution in [-0.2, 0) is 6.54 Å². The van der Waals surface area contributed by atoms with Crippen LogP contribution in [0.25, 0.3) is 0 Å². The molecule has 1 aromatic carbocycles. The van der Waals surface area contributed by atoms with E-state index in [4.69, 9.17) is 11.6 Å². The molecule has 18 heavy (non-hydrogen) atoms. The highest BCUT2D eigenvalue weighted by Gasteiger charge is 2.15. The van der Waals surface area contributed by atoms with E-state index in [0.717, 1.165) is 4.47 Å². The zero-order chi connectivity index (χ0) is 12.3. The minimum atomic E-state index is -0.00694. The zero-order valence-electron chi connectivity index (χ0n) is 9.32. The lowest BCUT2D eigenvalue weighted by atomic mass is 10.1. The first-order chi connectivity index (χ1) is 8.16. The van der Waals surface area contributed by atoms with Gasteiger partial charge in [0.1, 0.15) is 0 Å². The van der Waals surface area contributed by atoms with Crippen molar-refractivity contribution in [3.8, 4) is 0 Å². The van der Waals surface area contributed by atoms with Crippen LogP contribution in [0, 0.1) is 0 Å². The highest BCUT2D eigenvalue weighted by Crippen LogP contribution is 2.21. The molecule has 2 nitrogen and oxygen atoms in total. The Labute approximate surface area is 129 Å². The summed E-state index contributed by atoms with van der Waals surface area (Å²) in [5.74, 6) is -0.00694. The molecule has 1 aromatic heterocycles. The number of hydrogen-bond donors (Lipinski definition) is 0. The summed E-state index contributed by atoms with van der Waals surface area (Å²) in [6.07, 6.45) is 3.70. The second-order valence-corrected chi connectivity index (χ2v) is 4.92. The number of aromatic nitrogens is 1. The van der Waals surface area contributed by atoms with Gasteiger partial charge in [0.05, 0.1) is 5.02 Å². The first-order valence-electron chi connectivity index (χ1n) is 5.09. The number of pyridine rings is 1. The molecule has 0 unspecified atom stereocenters. The van der Waals surface area contributed by atoms with Crippen molar-refractivity contribution in [3.05, 3.63) is 63.9 Å². The Bertz CT molecular complexity index is 546. The first kappa shape index (κ1) is 15.3. The van der Waals surface area contributed by atoms with E-state index in [1.54, 1.807) is 12.1 Å². The summed E-state index contributed by atoms with van der Waals surface area (Å²) in [7, 11) is 0. The Balaban J connectivity index is 0.00000162. The van der Waals surface area contributed by atoms with Gasteiger partial charge in [0.15, 0.2) is 12.4 Å². The molecule has 0 spiro atoms. The summed E-state index contributed by atoms with van der Waals surface area (Å²) < 4.78 is 2.67. The van der Waals surface area contributed by atoms with Crippen molar-refractivity contribution < 1.29 is 26.3 Å². The highest BCUT2D eigenvalue weighted by molar-refractivity contribution is 9.10. The van der Waals surface area contributed by atoms with E-state index in [-0.39, 0.29) is 29.3 Å². The molecule has 5 heteroatoms. The van der Waals surface area contributed by atoms with Crippen molar-refractivity contribution >= 4 is 33.3 Å². The van der Waals surface area contributed by atoms with Crippen molar-refractivity contribution in [2.45, 2.75) is 6.54 Å². The maximum absolute atomic E-state index is 12.1. The molecule has 2 rings (SSSR count). The minimum Gasteiger partial charge on any atom is -1.00 e. The Hall–Kier alpha value is -0.710. The van der Waals surface area contributed by atoms with Gasteiger partial charge in [-0.1, -0.05) is 33.6 Å². The SMILES string of the molecule is O=C(C[n+]1ccccc1)c1cc(Br)ccc1Cl.[Br-]. The Morgan fingerprint density at radius 2 is 1.89 bits per heavy atom. The van der Waals surface area contributed by atoms with Crippen LogP contribution in [0.15, 0.2) is 53.3 Å². The van der Waals surface area contributed by atoms with Gasteiger partial charge in [0, 0.05) is 22.2 Å². The van der Waals surface area contributed by atoms with Crippen LogP contribution >= 0.6 is 27.5 Å². The van der Waals surface area contributed by atoms with E-state index in [9.17, 15) is 4.79 Å². The quantitative estimate of drug-likeness (QED) is 0.544. The molecular weight excluding hydrogens is 381 g/mol. The number of ketones is 1. The summed E-state index contributed by atoms with van der Waals surface area (Å²) in [6.45, 7) is 0.289. The van der Waals surface area contributed by atoms with Gasteiger partial charge < -0.3 is 17.0 Å². The third-order valence-corrected chi connectivity index (χ3v) is 3.16. The molecule has 0 aliphatic heterocycles. The molecule has 94 valence electrons. The minimum absolute atomic E-state index is 0. The van der Waals surface area contributed by atoms with Gasteiger partial charge in [-0.05, 0) is 18.2 Å². The van der Waals surface area contributed by atoms with Crippen LogP contribution in [0.4, 0.5) is 0 Å². The van der Waals surface area contributed by atoms with Crippen LogP contribution in [0.2, 0.25) is 5.02 Å². The highest BCUT2D eigenvalue weighted by atomic mass is 79.9. The average molecular weight is 391 g/mol. The van der Waals surface area contributed by atoms with Crippen molar-refractivity contribution in [2.24, 2.45) is 0 Å². The monoisotopic (exact) mass is 389 g/mol. The molecule has 1 heterocycles. The van der Waals surface area contributed by atoms with E-state index in [2.05, 4.69) is 15.9 Å². The summed E-state index contributed by atoms with van der Waals surface area (Å²) in [5, 5.41) is 0.481. The molecule has 0 fully saturated rings. The zero-order valence-corrected chi connectivity index (χ0v) is 13.2. The van der Waals surface area contributed by atoms with E-state index < -0.39 is 0 Å². The molecule has 0 bridgehead atoms. The summed E-state index contributed by atoms with van der Waals surface area (Å²) in [5.41, 5.74) is 0.539. The van der Waals surface area contributed by atoms with Crippen LogP contribution in [0.1, 0.15) is 10.4 Å². The molecule has 0 atom stereocenters. The number of Topliss-reactive ketones (excluding diaryl/α,β-unsaturated/α-hetero) is 1. The van der Waals surface area contributed by atoms with Crippen LogP contribution < -0.4 is 21.5 Å². The molecule has 0 N–H and O–H groups in total. The second kappa shape index (κ2) is 7.02. The summed E-state index contributed by atoms with van der Waals surface area (Å²) in [4.78, 5) is 12.1. The van der Waals surface area contributed by atoms with Gasteiger partial charge in [0.25, 0.3) is 0 Å². The summed E-state index contributed by atoms with van der Waals surface area (Å²) in [6, 6.07) is 11.0. The van der Waals surface area contributed by atoms with Gasteiger partial charge in [-0.3, -0.25) is 4.79 Å². The van der Waals surface area contributed by atoms with Gasteiger partial charge in [-0.2, -0.15) is 4.57 Å². The fraction of sp³-hybridized carbons (Fsp3) is 0.0769. The van der Waals surface area contributed by atoms with Crippen molar-refractivity contribution in [1.29, 1.82) is 0 Å². The predicted octanol–water partition coefficient (Wildman–Crippen LogP) is 0.277. The number of nitrogens with zero attached hydrogens (tertiary/aromatic N) is 1.